The van der Waals surface area contributed by atoms with Crippen molar-refractivity contribution in [1.82, 2.24) is 5.16 Å². The first kappa shape index (κ1) is 12.9. The number of rotatable bonds is 0. The molecule has 2 nitrogen and oxygen atoms in total. The van der Waals surface area contributed by atoms with Crippen molar-refractivity contribution in [3.63, 3.8) is 0 Å². The summed E-state index contributed by atoms with van der Waals surface area (Å²) in [4.78, 5) is 0. The van der Waals surface area contributed by atoms with Crippen molar-refractivity contribution < 1.29 is 4.52 Å². The molecule has 2 rings (SSSR count). The number of nitrogens with zero attached hydrogens (tertiary/aromatic N) is 1. The van der Waals surface area contributed by atoms with Gasteiger partial charge in [-0.25, -0.2) is 0 Å². The second kappa shape index (κ2) is 3.73. The fraction of sp³-hybridized carbons (Fsp3) is 0.643. The van der Waals surface area contributed by atoms with Gasteiger partial charge in [0.2, 0.25) is 0 Å². The molecule has 0 bridgehead atoms. The maximum absolute atomic E-state index is 5.58. The fourth-order valence-electron chi connectivity index (χ4n) is 2.01. The average Bonchev–Trinajstić information content (AvgIpc) is 2.63. The third-order valence-corrected chi connectivity index (χ3v) is 7.11. The topological polar surface area (TPSA) is 26.0 Å². The Morgan fingerprint density at radius 2 is 1.47 bits per heavy atom. The Hall–Kier alpha value is -0.531. The molecule has 0 aliphatic rings. The van der Waals surface area contributed by atoms with Crippen molar-refractivity contribution >= 4 is 25.5 Å². The Morgan fingerprint density at radius 1 is 0.941 bits per heavy atom. The zero-order valence-corrected chi connectivity index (χ0v) is 13.5. The van der Waals surface area contributed by atoms with E-state index >= 15 is 0 Å². The zero-order chi connectivity index (χ0) is 13.0. The van der Waals surface area contributed by atoms with Gasteiger partial charge in [0.25, 0.3) is 0 Å². The number of hydrogen-bond acceptors (Lipinski definition) is 2. The maximum atomic E-state index is 5.58. The first-order chi connectivity index (χ1) is 7.62. The van der Waals surface area contributed by atoms with Gasteiger partial charge >= 0.3 is 109 Å². The molecule has 0 saturated heterocycles. The van der Waals surface area contributed by atoms with E-state index in [0.717, 1.165) is 11.3 Å². The van der Waals surface area contributed by atoms with E-state index < -0.39 is 0 Å². The van der Waals surface area contributed by atoms with Gasteiger partial charge in [0, 0.05) is 0 Å². The molecular formula is C14H21NOSe. The van der Waals surface area contributed by atoms with Crippen LogP contribution in [0.1, 0.15) is 56.1 Å². The summed E-state index contributed by atoms with van der Waals surface area (Å²) in [5.41, 5.74) is 2.48. The molecule has 0 fully saturated rings. The molecule has 0 aliphatic carbocycles. The molecule has 3 heteroatoms. The Morgan fingerprint density at radius 3 is 1.94 bits per heavy atom. The second-order valence-corrected chi connectivity index (χ2v) is 8.87. The van der Waals surface area contributed by atoms with Crippen LogP contribution < -0.4 is 0 Å². The summed E-state index contributed by atoms with van der Waals surface area (Å²) in [6.45, 7) is 15.7. The van der Waals surface area contributed by atoms with Crippen LogP contribution in [0.15, 0.2) is 4.52 Å². The molecular weight excluding hydrogens is 277 g/mol. The standard InChI is InChI=1S/C14H21NOSe/c1-8-9-10(16-15-8)12(14(5,6)7)17-11(9)13(2,3)4/h1-7H3. The molecule has 0 saturated carbocycles. The normalized spacial score (nSPS) is 13.6. The molecule has 0 radical (unpaired) electrons. The van der Waals surface area contributed by atoms with Gasteiger partial charge in [-0.3, -0.25) is 0 Å². The molecule has 0 aliphatic heterocycles. The molecule has 2 aromatic heterocycles. The average molecular weight is 298 g/mol. The van der Waals surface area contributed by atoms with E-state index in [0.29, 0.717) is 14.5 Å². The Labute approximate surface area is 109 Å². The molecule has 2 heterocycles. The zero-order valence-electron chi connectivity index (χ0n) is 11.8. The van der Waals surface area contributed by atoms with E-state index in [9.17, 15) is 0 Å². The van der Waals surface area contributed by atoms with Crippen LogP contribution in [0.2, 0.25) is 0 Å². The minimum absolute atomic E-state index is 0.174. The Balaban J connectivity index is 2.83. The summed E-state index contributed by atoms with van der Waals surface area (Å²) in [6, 6.07) is 0. The van der Waals surface area contributed by atoms with Gasteiger partial charge in [-0.2, -0.15) is 0 Å². The summed E-state index contributed by atoms with van der Waals surface area (Å²) >= 11 is 0.401. The van der Waals surface area contributed by atoms with E-state index in [2.05, 4.69) is 53.6 Å². The monoisotopic (exact) mass is 299 g/mol. The van der Waals surface area contributed by atoms with Crippen molar-refractivity contribution in [2.45, 2.75) is 59.3 Å². The molecule has 0 amide bonds. The molecule has 0 spiro atoms. The molecule has 94 valence electrons. The molecule has 0 aromatic carbocycles. The van der Waals surface area contributed by atoms with Crippen molar-refractivity contribution in [1.29, 1.82) is 0 Å². The molecule has 2 aromatic rings. The predicted molar refractivity (Wildman–Crippen MR) is 73.1 cm³/mol. The first-order valence-corrected chi connectivity index (χ1v) is 7.73. The van der Waals surface area contributed by atoms with Crippen LogP contribution in [-0.2, 0) is 10.8 Å². The van der Waals surface area contributed by atoms with Gasteiger partial charge in [0.15, 0.2) is 0 Å². The number of aromatic nitrogens is 1. The van der Waals surface area contributed by atoms with Gasteiger partial charge in [0.1, 0.15) is 0 Å². The van der Waals surface area contributed by atoms with Gasteiger partial charge in [-0.1, -0.05) is 0 Å². The summed E-state index contributed by atoms with van der Waals surface area (Å²) in [6.07, 6.45) is 0. The Bertz CT molecular complexity index is 549. The van der Waals surface area contributed by atoms with Crippen LogP contribution in [-0.4, -0.2) is 19.7 Å². The van der Waals surface area contributed by atoms with Crippen molar-refractivity contribution in [3.8, 4) is 0 Å². The quantitative estimate of drug-likeness (QED) is 0.692. The van der Waals surface area contributed by atoms with E-state index in [-0.39, 0.29) is 10.8 Å². The van der Waals surface area contributed by atoms with E-state index in [1.807, 2.05) is 0 Å². The second-order valence-electron chi connectivity index (χ2n) is 6.73. The van der Waals surface area contributed by atoms with Crippen LogP contribution in [0.4, 0.5) is 0 Å². The van der Waals surface area contributed by atoms with Crippen LogP contribution in [0, 0.1) is 6.92 Å². The fourth-order valence-corrected chi connectivity index (χ4v) is 4.93. The SMILES string of the molecule is Cc1noc2c(C(C)(C)C)[se]c(C(C)(C)C)c12. The summed E-state index contributed by atoms with van der Waals surface area (Å²) < 4.78 is 8.56. The molecule has 17 heavy (non-hydrogen) atoms. The van der Waals surface area contributed by atoms with E-state index in [1.54, 1.807) is 0 Å². The Kier molecular flexibility index (Phi) is 2.83. The van der Waals surface area contributed by atoms with E-state index in [1.165, 1.54) is 14.3 Å². The third kappa shape index (κ3) is 2.11. The summed E-state index contributed by atoms with van der Waals surface area (Å²) in [5.74, 6) is 0. The van der Waals surface area contributed by atoms with Crippen LogP contribution in [0.5, 0.6) is 0 Å². The predicted octanol–water partition coefficient (Wildman–Crippen LogP) is 3.79. The summed E-state index contributed by atoms with van der Waals surface area (Å²) in [7, 11) is 0. The molecule has 0 N–H and O–H groups in total. The minimum atomic E-state index is 0.174. The van der Waals surface area contributed by atoms with Crippen LogP contribution in [0.25, 0.3) is 11.0 Å². The van der Waals surface area contributed by atoms with Crippen molar-refractivity contribution in [2.24, 2.45) is 0 Å². The first-order valence-electron chi connectivity index (χ1n) is 6.02. The molecule has 0 atom stereocenters. The van der Waals surface area contributed by atoms with Crippen LogP contribution in [0.3, 0.4) is 0 Å². The summed E-state index contributed by atoms with van der Waals surface area (Å²) in [5, 5.41) is 5.45. The van der Waals surface area contributed by atoms with Gasteiger partial charge in [-0.15, -0.1) is 0 Å². The number of aryl methyl sites for hydroxylation is 1. The van der Waals surface area contributed by atoms with Gasteiger partial charge in [0.05, 0.1) is 0 Å². The molecule has 0 unspecified atom stereocenters. The van der Waals surface area contributed by atoms with Gasteiger partial charge < -0.3 is 0 Å². The van der Waals surface area contributed by atoms with Gasteiger partial charge in [-0.05, 0) is 0 Å². The number of hydrogen-bond donors (Lipinski definition) is 0. The third-order valence-electron chi connectivity index (χ3n) is 2.86. The van der Waals surface area contributed by atoms with Crippen molar-refractivity contribution in [3.05, 3.63) is 14.6 Å². The van der Waals surface area contributed by atoms with Crippen molar-refractivity contribution in [2.75, 3.05) is 0 Å². The van der Waals surface area contributed by atoms with E-state index in [4.69, 9.17) is 4.52 Å². The number of fused-ring (bicyclic) bond motifs is 1. The van der Waals surface area contributed by atoms with Crippen LogP contribution >= 0.6 is 0 Å².